The van der Waals surface area contributed by atoms with Crippen LogP contribution in [0.25, 0.3) is 0 Å². The lowest BCUT2D eigenvalue weighted by atomic mass is 10.3. The quantitative estimate of drug-likeness (QED) is 0.215. The normalized spacial score (nSPS) is 11.7. The number of hydrogen-bond acceptors (Lipinski definition) is 8. The molecule has 0 radical (unpaired) electrons. The molecule has 0 aliphatic rings. The Morgan fingerprint density at radius 3 is 1.33 bits per heavy atom. The van der Waals surface area contributed by atoms with Gasteiger partial charge in [-0.05, 0) is 0 Å². The summed E-state index contributed by atoms with van der Waals surface area (Å²) in [4.78, 5) is 40.5. The molecule has 0 aromatic carbocycles. The summed E-state index contributed by atoms with van der Waals surface area (Å²) >= 11 is 0. The number of hydrogen-bond donors (Lipinski definition) is 0. The van der Waals surface area contributed by atoms with E-state index in [-0.39, 0.29) is 12.2 Å². The fraction of sp³-hybridized carbons (Fsp3) is 0.250. The Labute approximate surface area is 99.8 Å². The second-order valence-corrected chi connectivity index (χ2v) is 2.62. The average Bonchev–Trinajstić information content (AvgIpc) is 2.31. The molecule has 10 nitrogen and oxygen atoms in total. The molecule has 0 unspecified atom stereocenters. The second-order valence-electron chi connectivity index (χ2n) is 2.62. The fourth-order valence-corrected chi connectivity index (χ4v) is 0.781. The summed E-state index contributed by atoms with van der Waals surface area (Å²) in [6, 6.07) is 0. The third kappa shape index (κ3) is 4.38. The standard InChI is InChI=1S/C8H8N2O8/c1-17-7(11)3-5(9(13)14)6(10(15)16)4-8(12)18-2/h3-4H,1-2H3/b5-3+,6-4+. The van der Waals surface area contributed by atoms with Crippen LogP contribution in [0.1, 0.15) is 0 Å². The Bertz CT molecular complexity index is 408. The minimum absolute atomic E-state index is 0.289. The third-order valence-corrected chi connectivity index (χ3v) is 1.57. The first kappa shape index (κ1) is 15.2. The molecule has 0 saturated heterocycles. The van der Waals surface area contributed by atoms with Crippen LogP contribution in [0.5, 0.6) is 0 Å². The SMILES string of the molecule is COC(=O)/C=C(\C(=C/C(=O)OC)[N+](=O)[O-])[N+](=O)[O-]. The number of nitrogens with zero attached hydrogens (tertiary/aromatic N) is 2. The zero-order valence-electron chi connectivity index (χ0n) is 9.32. The molecule has 0 aromatic rings. The van der Waals surface area contributed by atoms with Crippen molar-refractivity contribution in [3.05, 3.63) is 43.8 Å². The van der Waals surface area contributed by atoms with Crippen LogP contribution in [0, 0.1) is 20.2 Å². The highest BCUT2D eigenvalue weighted by Crippen LogP contribution is 2.12. The van der Waals surface area contributed by atoms with Gasteiger partial charge in [0.25, 0.3) is 0 Å². The molecule has 0 aromatic heterocycles. The number of carbonyl (C=O) groups is 2. The lowest BCUT2D eigenvalue weighted by Crippen LogP contribution is -2.14. The van der Waals surface area contributed by atoms with Crippen molar-refractivity contribution in [3.8, 4) is 0 Å². The zero-order chi connectivity index (χ0) is 14.3. The van der Waals surface area contributed by atoms with Gasteiger partial charge in [-0.2, -0.15) is 0 Å². The first-order valence-electron chi connectivity index (χ1n) is 4.22. The van der Waals surface area contributed by atoms with Crippen molar-refractivity contribution in [1.29, 1.82) is 0 Å². The molecule has 0 heterocycles. The maximum Gasteiger partial charge on any atom is 0.353 e. The highest BCUT2D eigenvalue weighted by molar-refractivity contribution is 5.85. The van der Waals surface area contributed by atoms with Gasteiger partial charge in [-0.1, -0.05) is 0 Å². The Morgan fingerprint density at radius 1 is 0.889 bits per heavy atom. The van der Waals surface area contributed by atoms with Crippen LogP contribution in [0.3, 0.4) is 0 Å². The van der Waals surface area contributed by atoms with Gasteiger partial charge in [-0.3, -0.25) is 20.2 Å². The molecule has 0 aliphatic carbocycles. The number of methoxy groups -OCH3 is 2. The van der Waals surface area contributed by atoms with E-state index in [0.29, 0.717) is 0 Å². The van der Waals surface area contributed by atoms with E-state index in [1.54, 1.807) is 0 Å². The van der Waals surface area contributed by atoms with E-state index in [1.165, 1.54) is 0 Å². The molecular weight excluding hydrogens is 252 g/mol. The Hall–Kier alpha value is -2.78. The van der Waals surface area contributed by atoms with Crippen LogP contribution in [0.15, 0.2) is 23.5 Å². The van der Waals surface area contributed by atoms with Crippen molar-refractivity contribution < 1.29 is 28.9 Å². The highest BCUT2D eigenvalue weighted by atomic mass is 16.6. The highest BCUT2D eigenvalue weighted by Gasteiger charge is 2.31. The van der Waals surface area contributed by atoms with Crippen molar-refractivity contribution in [2.45, 2.75) is 0 Å². The first-order chi connectivity index (χ1) is 8.33. The van der Waals surface area contributed by atoms with Crippen LogP contribution in [0.2, 0.25) is 0 Å². The van der Waals surface area contributed by atoms with Crippen LogP contribution in [-0.2, 0) is 19.1 Å². The maximum absolute atomic E-state index is 10.8. The average molecular weight is 260 g/mol. The number of rotatable bonds is 5. The molecule has 0 N–H and O–H groups in total. The predicted octanol–water partition coefficient (Wildman–Crippen LogP) is -0.346. The first-order valence-corrected chi connectivity index (χ1v) is 4.22. The van der Waals surface area contributed by atoms with E-state index in [0.717, 1.165) is 14.2 Å². The van der Waals surface area contributed by atoms with E-state index in [2.05, 4.69) is 9.47 Å². The molecule has 18 heavy (non-hydrogen) atoms. The van der Waals surface area contributed by atoms with Gasteiger partial charge in [0, 0.05) is 0 Å². The van der Waals surface area contributed by atoms with Gasteiger partial charge in [0.1, 0.15) is 12.2 Å². The minimum Gasteiger partial charge on any atom is -0.466 e. The van der Waals surface area contributed by atoms with Crippen molar-refractivity contribution in [2.24, 2.45) is 0 Å². The largest absolute Gasteiger partial charge is 0.466 e. The molecule has 0 rings (SSSR count). The molecule has 0 aliphatic heterocycles. The van der Waals surface area contributed by atoms with Crippen LogP contribution >= 0.6 is 0 Å². The van der Waals surface area contributed by atoms with Crippen molar-refractivity contribution in [1.82, 2.24) is 0 Å². The molecule has 0 amide bonds. The Balaban J connectivity index is 5.68. The fourth-order valence-electron chi connectivity index (χ4n) is 0.781. The van der Waals surface area contributed by atoms with Crippen molar-refractivity contribution >= 4 is 11.9 Å². The van der Waals surface area contributed by atoms with Crippen LogP contribution in [-0.4, -0.2) is 36.0 Å². The minimum atomic E-state index is -1.19. The van der Waals surface area contributed by atoms with Gasteiger partial charge in [-0.25, -0.2) is 9.59 Å². The second kappa shape index (κ2) is 6.73. The number of carbonyl (C=O) groups excluding carboxylic acids is 2. The monoisotopic (exact) mass is 260 g/mol. The van der Waals surface area contributed by atoms with Crippen molar-refractivity contribution in [2.75, 3.05) is 14.2 Å². The summed E-state index contributed by atoms with van der Waals surface area (Å²) in [6.45, 7) is 0. The predicted molar refractivity (Wildman–Crippen MR) is 54.2 cm³/mol. The summed E-state index contributed by atoms with van der Waals surface area (Å²) in [5, 5.41) is 21.2. The summed E-state index contributed by atoms with van der Waals surface area (Å²) in [6.07, 6.45) is 0.579. The topological polar surface area (TPSA) is 139 Å². The molecule has 0 atom stereocenters. The number of ether oxygens (including phenoxy) is 2. The van der Waals surface area contributed by atoms with E-state index in [4.69, 9.17) is 0 Å². The maximum atomic E-state index is 10.8. The molecule has 10 heteroatoms. The lowest BCUT2D eigenvalue weighted by Gasteiger charge is -1.96. The van der Waals surface area contributed by atoms with Gasteiger partial charge >= 0.3 is 23.3 Å². The van der Waals surface area contributed by atoms with E-state index >= 15 is 0 Å². The third-order valence-electron chi connectivity index (χ3n) is 1.57. The van der Waals surface area contributed by atoms with E-state index < -0.39 is 33.2 Å². The van der Waals surface area contributed by atoms with Crippen molar-refractivity contribution in [3.63, 3.8) is 0 Å². The molecule has 98 valence electrons. The Morgan fingerprint density at radius 2 is 1.17 bits per heavy atom. The number of esters is 2. The lowest BCUT2D eigenvalue weighted by molar-refractivity contribution is -0.479. The van der Waals surface area contributed by atoms with Gasteiger partial charge in [0.2, 0.25) is 0 Å². The Kier molecular flexibility index (Phi) is 5.69. The summed E-state index contributed by atoms with van der Waals surface area (Å²) < 4.78 is 8.21. The molecule has 0 spiro atoms. The van der Waals surface area contributed by atoms with Gasteiger partial charge in [-0.15, -0.1) is 0 Å². The van der Waals surface area contributed by atoms with Gasteiger partial charge in [0.15, 0.2) is 0 Å². The summed E-state index contributed by atoms with van der Waals surface area (Å²) in [7, 11) is 1.87. The molecular formula is C8H8N2O8. The van der Waals surface area contributed by atoms with Crippen LogP contribution in [0.4, 0.5) is 0 Å². The summed E-state index contributed by atoms with van der Waals surface area (Å²) in [5.41, 5.74) is -2.37. The van der Waals surface area contributed by atoms with Gasteiger partial charge < -0.3 is 9.47 Å². The molecule has 0 bridgehead atoms. The smallest absolute Gasteiger partial charge is 0.353 e. The summed E-state index contributed by atoms with van der Waals surface area (Å²) in [5.74, 6) is -2.33. The number of nitro groups is 2. The molecule has 0 saturated carbocycles. The zero-order valence-corrected chi connectivity index (χ0v) is 9.32. The van der Waals surface area contributed by atoms with Crippen LogP contribution < -0.4 is 0 Å². The molecule has 0 fully saturated rings. The van der Waals surface area contributed by atoms with E-state index in [1.807, 2.05) is 0 Å². The van der Waals surface area contributed by atoms with Gasteiger partial charge in [0.05, 0.1) is 24.1 Å². The van der Waals surface area contributed by atoms with E-state index in [9.17, 15) is 29.8 Å².